The molecule has 0 aliphatic carbocycles. The van der Waals surface area contributed by atoms with Crippen molar-refractivity contribution in [3.63, 3.8) is 0 Å². The maximum absolute atomic E-state index is 14.8. The highest BCUT2D eigenvalue weighted by molar-refractivity contribution is 6.04. The molecule has 0 unspecified atom stereocenters. The lowest BCUT2D eigenvalue weighted by Gasteiger charge is -2.08. The number of halogens is 1. The third-order valence-corrected chi connectivity index (χ3v) is 4.39. The van der Waals surface area contributed by atoms with Crippen molar-refractivity contribution in [1.29, 1.82) is 0 Å². The summed E-state index contributed by atoms with van der Waals surface area (Å²) in [6.07, 6.45) is 3.39. The van der Waals surface area contributed by atoms with Gasteiger partial charge < -0.3 is 19.8 Å². The van der Waals surface area contributed by atoms with Crippen molar-refractivity contribution in [2.45, 2.75) is 13.8 Å². The number of hydrogen-bond donors (Lipinski definition) is 1. The average Bonchev–Trinajstić information content (AvgIpc) is 3.04. The van der Waals surface area contributed by atoms with Crippen LogP contribution >= 0.6 is 0 Å². The highest BCUT2D eigenvalue weighted by Gasteiger charge is 2.19. The molecule has 148 valence electrons. The molecule has 0 saturated heterocycles. The van der Waals surface area contributed by atoms with Crippen molar-refractivity contribution >= 4 is 16.7 Å². The largest absolute Gasteiger partial charge is 0.475 e. The molecule has 0 aliphatic rings. The number of nitrogen functional groups attached to an aromatic ring is 1. The van der Waals surface area contributed by atoms with Gasteiger partial charge in [0.15, 0.2) is 17.4 Å². The summed E-state index contributed by atoms with van der Waals surface area (Å²) in [5.74, 6) is 0.105. The molecule has 2 N–H and O–H groups in total. The van der Waals surface area contributed by atoms with Crippen molar-refractivity contribution in [1.82, 2.24) is 24.7 Å². The van der Waals surface area contributed by atoms with Crippen LogP contribution < -0.4 is 15.2 Å². The summed E-state index contributed by atoms with van der Waals surface area (Å²) in [5, 5.41) is 8.66. The fourth-order valence-corrected chi connectivity index (χ4v) is 3.12. The van der Waals surface area contributed by atoms with Crippen LogP contribution in [0.15, 0.2) is 36.7 Å². The molecule has 0 atom stereocenters. The van der Waals surface area contributed by atoms with Gasteiger partial charge in [0, 0.05) is 30.7 Å². The first-order chi connectivity index (χ1) is 14.0. The Balaban J connectivity index is 1.77. The van der Waals surface area contributed by atoms with Gasteiger partial charge in [-0.25, -0.2) is 14.4 Å². The maximum Gasteiger partial charge on any atom is 0.322 e. The molecule has 0 aliphatic heterocycles. The minimum absolute atomic E-state index is 0.0300. The number of nitrogens with zero attached hydrogens (tertiary/aromatic N) is 5. The zero-order valence-electron chi connectivity index (χ0n) is 16.2. The minimum Gasteiger partial charge on any atom is -0.475 e. The number of benzene rings is 1. The van der Waals surface area contributed by atoms with Crippen LogP contribution in [-0.4, -0.2) is 31.3 Å². The summed E-state index contributed by atoms with van der Waals surface area (Å²) in [4.78, 5) is 8.11. The Morgan fingerprint density at radius 3 is 2.76 bits per heavy atom. The lowest BCUT2D eigenvalue weighted by molar-refractivity contribution is 0.326. The molecular weight excluding hydrogens is 375 g/mol. The second kappa shape index (κ2) is 7.34. The SMILES string of the molecule is CCOc1nnc(N)c2c(-c3ccc(Oc4nccc(C)n4)c(F)c3)cn(C)c12. The molecule has 1 aromatic carbocycles. The molecular formula is C20H19FN6O2. The van der Waals surface area contributed by atoms with Crippen LogP contribution in [-0.2, 0) is 7.05 Å². The Labute approximate surface area is 166 Å². The highest BCUT2D eigenvalue weighted by atomic mass is 19.1. The highest BCUT2D eigenvalue weighted by Crippen LogP contribution is 2.38. The molecule has 0 bridgehead atoms. The van der Waals surface area contributed by atoms with Crippen LogP contribution in [0, 0.1) is 12.7 Å². The number of nitrogens with two attached hydrogens (primary N) is 1. The molecule has 8 nitrogen and oxygen atoms in total. The first-order valence-corrected chi connectivity index (χ1v) is 8.99. The molecule has 0 spiro atoms. The number of fused-ring (bicyclic) bond motifs is 1. The Bertz CT molecular complexity index is 1210. The molecule has 0 radical (unpaired) electrons. The molecule has 3 heterocycles. The number of rotatable bonds is 5. The van der Waals surface area contributed by atoms with E-state index in [-0.39, 0.29) is 17.6 Å². The summed E-state index contributed by atoms with van der Waals surface area (Å²) in [7, 11) is 1.85. The van der Waals surface area contributed by atoms with E-state index in [4.69, 9.17) is 15.2 Å². The van der Waals surface area contributed by atoms with E-state index in [2.05, 4.69) is 20.2 Å². The van der Waals surface area contributed by atoms with Gasteiger partial charge in [0.2, 0.25) is 0 Å². The van der Waals surface area contributed by atoms with Gasteiger partial charge in [-0.3, -0.25) is 0 Å². The maximum atomic E-state index is 14.8. The van der Waals surface area contributed by atoms with Crippen molar-refractivity contribution in [2.75, 3.05) is 12.3 Å². The van der Waals surface area contributed by atoms with Crippen LogP contribution in [0.3, 0.4) is 0 Å². The summed E-state index contributed by atoms with van der Waals surface area (Å²) in [5.41, 5.74) is 8.84. The number of aromatic nitrogens is 5. The van der Waals surface area contributed by atoms with Crippen molar-refractivity contribution < 1.29 is 13.9 Å². The topological polar surface area (TPSA) is 101 Å². The van der Waals surface area contributed by atoms with Gasteiger partial charge in [-0.2, -0.15) is 0 Å². The first kappa shape index (κ1) is 18.6. The van der Waals surface area contributed by atoms with Crippen LogP contribution in [0.4, 0.5) is 10.2 Å². The standard InChI is InChI=1S/C20H19FN6O2/c1-4-28-19-17-16(18(22)25-26-19)13(10-27(17)3)12-5-6-15(14(21)9-12)29-20-23-8-7-11(2)24-20/h5-10H,4H2,1-3H3,(H2,22,25). The summed E-state index contributed by atoms with van der Waals surface area (Å²) < 4.78 is 27.6. The smallest absolute Gasteiger partial charge is 0.322 e. The monoisotopic (exact) mass is 394 g/mol. The quantitative estimate of drug-likeness (QED) is 0.551. The molecule has 0 amide bonds. The normalized spacial score (nSPS) is 11.0. The van der Waals surface area contributed by atoms with E-state index >= 15 is 0 Å². The minimum atomic E-state index is -0.546. The van der Waals surface area contributed by atoms with Crippen LogP contribution in [0.25, 0.3) is 22.0 Å². The van der Waals surface area contributed by atoms with Crippen molar-refractivity contribution in [2.24, 2.45) is 7.05 Å². The Morgan fingerprint density at radius 2 is 2.03 bits per heavy atom. The molecule has 4 rings (SSSR count). The van der Waals surface area contributed by atoms with E-state index < -0.39 is 5.82 Å². The predicted octanol–water partition coefficient (Wildman–Crippen LogP) is 3.65. The summed E-state index contributed by atoms with van der Waals surface area (Å²) >= 11 is 0. The molecule has 0 fully saturated rings. The fourth-order valence-electron chi connectivity index (χ4n) is 3.12. The Hall–Kier alpha value is -3.75. The third-order valence-electron chi connectivity index (χ3n) is 4.39. The second-order valence-electron chi connectivity index (χ2n) is 6.43. The lowest BCUT2D eigenvalue weighted by atomic mass is 10.1. The van der Waals surface area contributed by atoms with Gasteiger partial charge >= 0.3 is 6.01 Å². The molecule has 4 aromatic rings. The van der Waals surface area contributed by atoms with Gasteiger partial charge in [0.25, 0.3) is 5.88 Å². The second-order valence-corrected chi connectivity index (χ2v) is 6.43. The molecule has 0 saturated carbocycles. The number of aryl methyl sites for hydroxylation is 2. The summed E-state index contributed by atoms with van der Waals surface area (Å²) in [6, 6.07) is 6.46. The van der Waals surface area contributed by atoms with Gasteiger partial charge in [0.1, 0.15) is 5.52 Å². The number of ether oxygens (including phenoxy) is 2. The van der Waals surface area contributed by atoms with E-state index in [9.17, 15) is 4.39 Å². The van der Waals surface area contributed by atoms with E-state index in [0.29, 0.717) is 34.5 Å². The number of hydrogen-bond acceptors (Lipinski definition) is 7. The van der Waals surface area contributed by atoms with Gasteiger partial charge in [0.05, 0.1) is 12.0 Å². The summed E-state index contributed by atoms with van der Waals surface area (Å²) in [6.45, 7) is 4.11. The van der Waals surface area contributed by atoms with Crippen molar-refractivity contribution in [3.05, 3.63) is 48.2 Å². The van der Waals surface area contributed by atoms with Gasteiger partial charge in [-0.1, -0.05) is 6.07 Å². The van der Waals surface area contributed by atoms with Gasteiger partial charge in [-0.05, 0) is 37.6 Å². The zero-order chi connectivity index (χ0) is 20.5. The molecule has 3 aromatic heterocycles. The van der Waals surface area contributed by atoms with Gasteiger partial charge in [-0.15, -0.1) is 10.2 Å². The first-order valence-electron chi connectivity index (χ1n) is 8.99. The van der Waals surface area contributed by atoms with Crippen molar-refractivity contribution in [3.8, 4) is 28.8 Å². The van der Waals surface area contributed by atoms with E-state index in [1.807, 2.05) is 24.7 Å². The molecule has 29 heavy (non-hydrogen) atoms. The fraction of sp³-hybridized carbons (Fsp3) is 0.200. The van der Waals surface area contributed by atoms with E-state index in [0.717, 1.165) is 5.69 Å². The predicted molar refractivity (Wildman–Crippen MR) is 106 cm³/mol. The average molecular weight is 394 g/mol. The number of anilines is 1. The zero-order valence-corrected chi connectivity index (χ0v) is 16.2. The van der Waals surface area contributed by atoms with Crippen LogP contribution in [0.5, 0.6) is 17.6 Å². The third kappa shape index (κ3) is 3.42. The van der Waals surface area contributed by atoms with E-state index in [1.165, 1.54) is 12.1 Å². The van der Waals surface area contributed by atoms with Crippen LogP contribution in [0.2, 0.25) is 0 Å². The Kier molecular flexibility index (Phi) is 4.71. The molecule has 9 heteroatoms. The van der Waals surface area contributed by atoms with Crippen LogP contribution in [0.1, 0.15) is 12.6 Å². The lowest BCUT2D eigenvalue weighted by Crippen LogP contribution is -2.02. The van der Waals surface area contributed by atoms with E-state index in [1.54, 1.807) is 25.3 Å². The Morgan fingerprint density at radius 1 is 1.21 bits per heavy atom.